The number of aryl methyl sites for hydroxylation is 2. The van der Waals surface area contributed by atoms with Crippen molar-refractivity contribution in [3.63, 3.8) is 0 Å². The Balaban J connectivity index is 1.27. The van der Waals surface area contributed by atoms with Crippen LogP contribution in [0.5, 0.6) is 5.75 Å². The predicted octanol–water partition coefficient (Wildman–Crippen LogP) is 5.62. The highest BCUT2D eigenvalue weighted by Crippen LogP contribution is 2.62. The van der Waals surface area contributed by atoms with E-state index in [9.17, 15) is 14.7 Å². The molecule has 170 valence electrons. The maximum Gasteiger partial charge on any atom is 0.226 e. The molecule has 2 fully saturated rings. The minimum absolute atomic E-state index is 0.0133. The number of Topliss-reactive ketones (excluding diaryl/α,β-unsaturated/α-hetero) is 1. The first-order valence-corrected chi connectivity index (χ1v) is 12.7. The maximum atomic E-state index is 13.1. The summed E-state index contributed by atoms with van der Waals surface area (Å²) in [5.41, 5.74) is 2.46. The zero-order chi connectivity index (χ0) is 22.5. The van der Waals surface area contributed by atoms with Crippen LogP contribution < -0.4 is 5.32 Å². The van der Waals surface area contributed by atoms with Crippen molar-refractivity contribution in [2.24, 2.45) is 23.2 Å². The molecule has 3 aliphatic rings. The smallest absolute Gasteiger partial charge is 0.226 e. The molecule has 0 spiro atoms. The minimum Gasteiger partial charge on any atom is -0.508 e. The van der Waals surface area contributed by atoms with Crippen LogP contribution in [0.25, 0.3) is 0 Å². The number of hydrogen-bond donors (Lipinski definition) is 2. The van der Waals surface area contributed by atoms with Crippen LogP contribution in [-0.2, 0) is 16.0 Å². The molecule has 1 heterocycles. The maximum absolute atomic E-state index is 13.1. The Hall–Kier alpha value is -2.21. The molecule has 3 unspecified atom stereocenters. The Morgan fingerprint density at radius 2 is 2.19 bits per heavy atom. The van der Waals surface area contributed by atoms with Gasteiger partial charge >= 0.3 is 0 Å². The summed E-state index contributed by atoms with van der Waals surface area (Å²) >= 11 is 1.49. The number of aromatic hydroxyl groups is 1. The number of benzene rings is 1. The number of nitrogens with zero attached hydrogens (tertiary/aromatic N) is 1. The number of ketones is 1. The van der Waals surface area contributed by atoms with Crippen LogP contribution in [0.1, 0.15) is 73.8 Å². The molecular formula is C26H32N2O3S. The van der Waals surface area contributed by atoms with Crippen molar-refractivity contribution in [3.05, 3.63) is 40.4 Å². The van der Waals surface area contributed by atoms with E-state index in [2.05, 4.69) is 23.3 Å². The monoisotopic (exact) mass is 452 g/mol. The van der Waals surface area contributed by atoms with Crippen LogP contribution in [0, 0.1) is 30.1 Å². The molecule has 2 saturated carbocycles. The molecule has 5 rings (SSSR count). The molecule has 1 amide bonds. The molecule has 2 N–H and O–H groups in total. The molecule has 3 aliphatic carbocycles. The lowest BCUT2D eigenvalue weighted by molar-refractivity contribution is -0.129. The van der Waals surface area contributed by atoms with Crippen molar-refractivity contribution in [1.29, 1.82) is 0 Å². The van der Waals surface area contributed by atoms with E-state index in [0.29, 0.717) is 53.2 Å². The number of anilines is 1. The molecule has 0 saturated heterocycles. The lowest BCUT2D eigenvalue weighted by atomic mass is 9.54. The van der Waals surface area contributed by atoms with E-state index in [1.165, 1.54) is 22.5 Å². The molecule has 1 aromatic carbocycles. The molecule has 32 heavy (non-hydrogen) atoms. The van der Waals surface area contributed by atoms with Crippen LogP contribution in [0.4, 0.5) is 5.13 Å². The first-order valence-electron chi connectivity index (χ1n) is 11.9. The van der Waals surface area contributed by atoms with Gasteiger partial charge in [-0.2, -0.15) is 0 Å². The van der Waals surface area contributed by atoms with Crippen LogP contribution >= 0.6 is 11.3 Å². The number of phenols is 1. The summed E-state index contributed by atoms with van der Waals surface area (Å²) in [6.07, 6.45) is 8.74. The van der Waals surface area contributed by atoms with Gasteiger partial charge in [-0.15, -0.1) is 11.3 Å². The molecule has 5 atom stereocenters. The molecule has 0 radical (unpaired) electrons. The van der Waals surface area contributed by atoms with E-state index in [1.54, 1.807) is 6.20 Å². The van der Waals surface area contributed by atoms with Crippen molar-refractivity contribution in [2.75, 3.05) is 5.32 Å². The standard InChI is InChI=1S/C26H32N2O3S/c1-15-14-27-25(32-15)28-23(31)5-3-4-17-13-22(30)26(2)11-10-20-19-9-7-18(29)12-16(19)6-8-21(20)24(17)26/h7,9,12,14,17,20-21,24,29H,3-6,8,10-11,13H2,1-2H3,(H,27,28,31)/t17-,20?,21?,24?,26-/m1/s1. The number of amides is 1. The quantitative estimate of drug-likeness (QED) is 0.617. The van der Waals surface area contributed by atoms with Gasteiger partial charge in [0.05, 0.1) is 0 Å². The number of rotatable bonds is 5. The number of carbonyl (C=O) groups is 2. The van der Waals surface area contributed by atoms with Crippen LogP contribution in [0.2, 0.25) is 0 Å². The van der Waals surface area contributed by atoms with Gasteiger partial charge in [0.2, 0.25) is 5.91 Å². The minimum atomic E-state index is -0.207. The summed E-state index contributed by atoms with van der Waals surface area (Å²) in [4.78, 5) is 30.8. The normalized spacial score (nSPS) is 31.0. The Bertz CT molecular complexity index is 1050. The van der Waals surface area contributed by atoms with E-state index in [0.717, 1.165) is 43.4 Å². The van der Waals surface area contributed by atoms with Gasteiger partial charge < -0.3 is 10.4 Å². The van der Waals surface area contributed by atoms with E-state index in [-0.39, 0.29) is 11.3 Å². The predicted molar refractivity (Wildman–Crippen MR) is 126 cm³/mol. The van der Waals surface area contributed by atoms with Crippen LogP contribution in [-0.4, -0.2) is 21.8 Å². The summed E-state index contributed by atoms with van der Waals surface area (Å²) in [7, 11) is 0. The van der Waals surface area contributed by atoms with E-state index in [4.69, 9.17) is 0 Å². The van der Waals surface area contributed by atoms with Crippen molar-refractivity contribution >= 4 is 28.2 Å². The lowest BCUT2D eigenvalue weighted by Gasteiger charge is -2.50. The number of hydrogen-bond acceptors (Lipinski definition) is 5. The van der Waals surface area contributed by atoms with E-state index in [1.807, 2.05) is 19.1 Å². The third-order valence-corrected chi connectivity index (χ3v) is 9.23. The fraction of sp³-hybridized carbons (Fsp3) is 0.577. The van der Waals surface area contributed by atoms with Gasteiger partial charge in [-0.05, 0) is 92.4 Å². The first kappa shape index (κ1) is 21.6. The molecule has 2 aromatic rings. The third kappa shape index (κ3) is 3.76. The molecule has 0 bridgehead atoms. The van der Waals surface area contributed by atoms with Gasteiger partial charge in [0.1, 0.15) is 11.5 Å². The van der Waals surface area contributed by atoms with Crippen molar-refractivity contribution in [3.8, 4) is 5.75 Å². The number of fused-ring (bicyclic) bond motifs is 5. The van der Waals surface area contributed by atoms with Gasteiger partial charge in [0.25, 0.3) is 0 Å². The summed E-state index contributed by atoms with van der Waals surface area (Å²) in [5.74, 6) is 2.58. The Morgan fingerprint density at radius 1 is 1.34 bits per heavy atom. The van der Waals surface area contributed by atoms with Gasteiger partial charge in [-0.25, -0.2) is 4.98 Å². The van der Waals surface area contributed by atoms with Gasteiger partial charge in [-0.3, -0.25) is 9.59 Å². The second-order valence-corrected chi connectivity index (χ2v) is 11.5. The fourth-order valence-electron chi connectivity index (χ4n) is 7.01. The van der Waals surface area contributed by atoms with Gasteiger partial charge in [-0.1, -0.05) is 13.0 Å². The zero-order valence-corrected chi connectivity index (χ0v) is 19.7. The summed E-state index contributed by atoms with van der Waals surface area (Å²) < 4.78 is 0. The number of thiazole rings is 1. The zero-order valence-electron chi connectivity index (χ0n) is 18.9. The highest BCUT2D eigenvalue weighted by molar-refractivity contribution is 7.15. The molecule has 0 aliphatic heterocycles. The Morgan fingerprint density at radius 3 is 2.97 bits per heavy atom. The highest BCUT2D eigenvalue weighted by Gasteiger charge is 2.58. The van der Waals surface area contributed by atoms with Crippen molar-refractivity contribution in [2.45, 2.75) is 71.1 Å². The summed E-state index contributed by atoms with van der Waals surface area (Å²) in [5, 5.41) is 13.5. The largest absolute Gasteiger partial charge is 0.508 e. The first-order chi connectivity index (χ1) is 15.3. The third-order valence-electron chi connectivity index (χ3n) is 8.40. The number of nitrogens with one attached hydrogen (secondary N) is 1. The van der Waals surface area contributed by atoms with Gasteiger partial charge in [0.15, 0.2) is 5.13 Å². The van der Waals surface area contributed by atoms with Crippen molar-refractivity contribution < 1.29 is 14.7 Å². The van der Waals surface area contributed by atoms with Crippen LogP contribution in [0.3, 0.4) is 0 Å². The molecule has 1 aromatic heterocycles. The lowest BCUT2D eigenvalue weighted by Crippen LogP contribution is -2.44. The second-order valence-electron chi connectivity index (χ2n) is 10.3. The Kier molecular flexibility index (Phi) is 5.60. The topological polar surface area (TPSA) is 79.3 Å². The average Bonchev–Trinajstić information content (AvgIpc) is 3.27. The van der Waals surface area contributed by atoms with E-state index >= 15 is 0 Å². The van der Waals surface area contributed by atoms with Crippen LogP contribution in [0.15, 0.2) is 24.4 Å². The molecule has 5 nitrogen and oxygen atoms in total. The SMILES string of the molecule is Cc1cnc(NC(=O)CCC[C@@H]2CC(=O)[C@@]3(C)CCC4c5ccc(O)cc5CCC4C23)s1. The highest BCUT2D eigenvalue weighted by atomic mass is 32.1. The molecule has 6 heteroatoms. The molecular weight excluding hydrogens is 420 g/mol. The summed E-state index contributed by atoms with van der Waals surface area (Å²) in [6, 6.07) is 5.86. The second kappa shape index (κ2) is 8.29. The average molecular weight is 453 g/mol. The number of carbonyl (C=O) groups excluding carboxylic acids is 2. The number of aromatic nitrogens is 1. The van der Waals surface area contributed by atoms with Crippen molar-refractivity contribution in [1.82, 2.24) is 4.98 Å². The fourth-order valence-corrected chi connectivity index (χ4v) is 7.69. The summed E-state index contributed by atoms with van der Waals surface area (Å²) in [6.45, 7) is 4.19. The van der Waals surface area contributed by atoms with Gasteiger partial charge in [0, 0.05) is 29.3 Å². The number of phenolic OH excluding ortho intramolecular Hbond substituents is 1. The van der Waals surface area contributed by atoms with E-state index < -0.39 is 0 Å². The Labute approximate surface area is 193 Å².